The number of benzene rings is 1. The second kappa shape index (κ2) is 4.80. The number of aliphatic carboxylic acids is 1. The number of aliphatic hydroxyl groups is 1. The van der Waals surface area contributed by atoms with E-state index in [0.29, 0.717) is 5.56 Å². The highest BCUT2D eigenvalue weighted by Crippen LogP contribution is 2.29. The van der Waals surface area contributed by atoms with Gasteiger partial charge in [0, 0.05) is 0 Å². The fourth-order valence-corrected chi connectivity index (χ4v) is 1.59. The number of hydrogen-bond donors (Lipinski definition) is 2. The normalized spacial score (nSPS) is 12.9. The van der Waals surface area contributed by atoms with Crippen LogP contribution in [0.2, 0.25) is 5.02 Å². The first-order valence-corrected chi connectivity index (χ1v) is 5.12. The molecule has 0 radical (unpaired) electrons. The summed E-state index contributed by atoms with van der Waals surface area (Å²) in [6.07, 6.45) is -1.68. The number of hydrogen-bond acceptors (Lipinski definition) is 2. The minimum atomic E-state index is -1.68. The highest BCUT2D eigenvalue weighted by Gasteiger charge is 2.20. The molecule has 5 heteroatoms. The van der Waals surface area contributed by atoms with E-state index in [0.717, 1.165) is 6.07 Å². The van der Waals surface area contributed by atoms with E-state index in [2.05, 4.69) is 0 Å². The van der Waals surface area contributed by atoms with Crippen molar-refractivity contribution >= 4 is 17.6 Å². The molecule has 0 saturated carbocycles. The van der Waals surface area contributed by atoms with Crippen molar-refractivity contribution in [2.45, 2.75) is 25.9 Å². The SMILES string of the molecule is CC(C)c1cc(C(O)C(=O)O)cc(Cl)c1F. The second-order valence-electron chi connectivity index (χ2n) is 3.80. The summed E-state index contributed by atoms with van der Waals surface area (Å²) in [6, 6.07) is 2.45. The van der Waals surface area contributed by atoms with Crippen molar-refractivity contribution in [3.05, 3.63) is 34.1 Å². The molecule has 0 fully saturated rings. The Kier molecular flexibility index (Phi) is 3.88. The lowest BCUT2D eigenvalue weighted by Gasteiger charge is -2.13. The van der Waals surface area contributed by atoms with E-state index in [4.69, 9.17) is 16.7 Å². The van der Waals surface area contributed by atoms with E-state index in [1.54, 1.807) is 13.8 Å². The van der Waals surface area contributed by atoms with Gasteiger partial charge >= 0.3 is 5.97 Å². The van der Waals surface area contributed by atoms with E-state index in [1.165, 1.54) is 6.07 Å². The molecular formula is C11H12ClFO3. The molecule has 0 spiro atoms. The van der Waals surface area contributed by atoms with Crippen LogP contribution in [0.15, 0.2) is 12.1 Å². The molecule has 1 rings (SSSR count). The maximum Gasteiger partial charge on any atom is 0.337 e. The van der Waals surface area contributed by atoms with E-state index in [1.807, 2.05) is 0 Å². The molecule has 0 saturated heterocycles. The lowest BCUT2D eigenvalue weighted by molar-refractivity contribution is -0.146. The second-order valence-corrected chi connectivity index (χ2v) is 4.21. The Morgan fingerprint density at radius 2 is 2.00 bits per heavy atom. The Bertz CT molecular complexity index is 418. The van der Waals surface area contributed by atoms with Crippen molar-refractivity contribution in [1.29, 1.82) is 0 Å². The first kappa shape index (κ1) is 12.9. The molecule has 1 aromatic carbocycles. The largest absolute Gasteiger partial charge is 0.479 e. The van der Waals surface area contributed by atoms with Gasteiger partial charge in [0.2, 0.25) is 0 Å². The van der Waals surface area contributed by atoms with Gasteiger partial charge in [-0.2, -0.15) is 0 Å². The standard InChI is InChI=1S/C11H12ClFO3/c1-5(2)7-3-6(10(14)11(15)16)4-8(12)9(7)13/h3-5,10,14H,1-2H3,(H,15,16). The highest BCUT2D eigenvalue weighted by atomic mass is 35.5. The molecule has 0 aromatic heterocycles. The van der Waals surface area contributed by atoms with Crippen LogP contribution >= 0.6 is 11.6 Å². The topological polar surface area (TPSA) is 57.5 Å². The zero-order valence-corrected chi connectivity index (χ0v) is 9.62. The molecule has 0 aliphatic heterocycles. The van der Waals surface area contributed by atoms with Crippen LogP contribution in [0.5, 0.6) is 0 Å². The average molecular weight is 247 g/mol. The quantitative estimate of drug-likeness (QED) is 0.862. The number of carbonyl (C=O) groups is 1. The minimum Gasteiger partial charge on any atom is -0.479 e. The third-order valence-electron chi connectivity index (χ3n) is 2.25. The molecular weight excluding hydrogens is 235 g/mol. The maximum absolute atomic E-state index is 13.5. The van der Waals surface area contributed by atoms with Crippen LogP contribution < -0.4 is 0 Å². The number of carboxylic acids is 1. The van der Waals surface area contributed by atoms with Gasteiger partial charge in [-0.25, -0.2) is 9.18 Å². The van der Waals surface area contributed by atoms with Crippen molar-refractivity contribution in [2.24, 2.45) is 0 Å². The van der Waals surface area contributed by atoms with Gasteiger partial charge in [0.25, 0.3) is 0 Å². The minimum absolute atomic E-state index is 0.0857. The lowest BCUT2D eigenvalue weighted by atomic mass is 9.98. The summed E-state index contributed by atoms with van der Waals surface area (Å²) in [5, 5.41) is 17.8. The van der Waals surface area contributed by atoms with Gasteiger partial charge in [0.05, 0.1) is 5.02 Å². The predicted octanol–water partition coefficient (Wildman–Crippen LogP) is 2.72. The number of rotatable bonds is 3. The summed E-state index contributed by atoms with van der Waals surface area (Å²) in [6.45, 7) is 3.51. The summed E-state index contributed by atoms with van der Waals surface area (Å²) in [4.78, 5) is 10.6. The van der Waals surface area contributed by atoms with E-state index in [9.17, 15) is 14.3 Å². The van der Waals surface area contributed by atoms with Gasteiger partial charge in [0.15, 0.2) is 6.10 Å². The van der Waals surface area contributed by atoms with Crippen molar-refractivity contribution < 1.29 is 19.4 Å². The summed E-state index contributed by atoms with van der Waals surface area (Å²) >= 11 is 5.63. The van der Waals surface area contributed by atoms with Crippen LogP contribution in [0, 0.1) is 5.82 Å². The van der Waals surface area contributed by atoms with E-state index >= 15 is 0 Å². The van der Waals surface area contributed by atoms with Crippen LogP contribution in [0.4, 0.5) is 4.39 Å². The van der Waals surface area contributed by atoms with Crippen molar-refractivity contribution in [1.82, 2.24) is 0 Å². The van der Waals surface area contributed by atoms with Crippen LogP contribution in [-0.4, -0.2) is 16.2 Å². The summed E-state index contributed by atoms with van der Waals surface area (Å²) in [5.41, 5.74) is 0.380. The molecule has 0 aliphatic rings. The monoisotopic (exact) mass is 246 g/mol. The molecule has 0 heterocycles. The average Bonchev–Trinajstić information content (AvgIpc) is 2.20. The smallest absolute Gasteiger partial charge is 0.337 e. The van der Waals surface area contributed by atoms with E-state index < -0.39 is 17.9 Å². The molecule has 1 aromatic rings. The lowest BCUT2D eigenvalue weighted by Crippen LogP contribution is -2.11. The maximum atomic E-state index is 13.5. The molecule has 0 amide bonds. The van der Waals surface area contributed by atoms with E-state index in [-0.39, 0.29) is 16.5 Å². The third kappa shape index (κ3) is 2.51. The number of aliphatic hydroxyl groups excluding tert-OH is 1. The van der Waals surface area contributed by atoms with Crippen molar-refractivity contribution in [3.63, 3.8) is 0 Å². The zero-order valence-electron chi connectivity index (χ0n) is 8.87. The van der Waals surface area contributed by atoms with Crippen LogP contribution in [0.3, 0.4) is 0 Å². The third-order valence-corrected chi connectivity index (χ3v) is 2.53. The zero-order chi connectivity index (χ0) is 12.5. The first-order valence-electron chi connectivity index (χ1n) is 4.74. The Morgan fingerprint density at radius 1 is 1.44 bits per heavy atom. The van der Waals surface area contributed by atoms with Crippen LogP contribution in [0.1, 0.15) is 37.0 Å². The highest BCUT2D eigenvalue weighted by molar-refractivity contribution is 6.30. The van der Waals surface area contributed by atoms with Crippen LogP contribution in [0.25, 0.3) is 0 Å². The van der Waals surface area contributed by atoms with Crippen molar-refractivity contribution in [2.75, 3.05) is 0 Å². The van der Waals surface area contributed by atoms with Gasteiger partial charge in [-0.05, 0) is 29.2 Å². The Hall–Kier alpha value is -1.13. The van der Waals surface area contributed by atoms with Gasteiger partial charge in [0.1, 0.15) is 5.82 Å². The summed E-state index contributed by atoms with van der Waals surface area (Å²) in [7, 11) is 0. The molecule has 1 unspecified atom stereocenters. The van der Waals surface area contributed by atoms with Gasteiger partial charge in [-0.3, -0.25) is 0 Å². The summed E-state index contributed by atoms with van der Waals surface area (Å²) in [5.74, 6) is -2.10. The predicted molar refractivity (Wildman–Crippen MR) is 58.1 cm³/mol. The summed E-state index contributed by atoms with van der Waals surface area (Å²) < 4.78 is 13.5. The number of halogens is 2. The van der Waals surface area contributed by atoms with Gasteiger partial charge < -0.3 is 10.2 Å². The molecule has 2 N–H and O–H groups in total. The Labute approximate surface area is 97.5 Å². The molecule has 3 nitrogen and oxygen atoms in total. The fraction of sp³-hybridized carbons (Fsp3) is 0.364. The molecule has 0 aliphatic carbocycles. The molecule has 1 atom stereocenters. The first-order chi connectivity index (χ1) is 7.34. The Morgan fingerprint density at radius 3 is 2.44 bits per heavy atom. The molecule has 0 bridgehead atoms. The van der Waals surface area contributed by atoms with Gasteiger partial charge in [-0.15, -0.1) is 0 Å². The number of carboxylic acid groups (broad SMARTS) is 1. The fourth-order valence-electron chi connectivity index (χ4n) is 1.35. The van der Waals surface area contributed by atoms with Crippen molar-refractivity contribution in [3.8, 4) is 0 Å². The Balaban J connectivity index is 3.29. The molecule has 16 heavy (non-hydrogen) atoms. The van der Waals surface area contributed by atoms with Gasteiger partial charge in [-0.1, -0.05) is 25.4 Å². The van der Waals surface area contributed by atoms with Crippen LogP contribution in [-0.2, 0) is 4.79 Å². The molecule has 88 valence electrons.